The number of rotatable bonds is 1. The van der Waals surface area contributed by atoms with E-state index in [0.29, 0.717) is 4.73 Å². The van der Waals surface area contributed by atoms with Crippen LogP contribution in [0.3, 0.4) is 0 Å². The summed E-state index contributed by atoms with van der Waals surface area (Å²) in [5.74, 6) is 0. The second-order valence-corrected chi connectivity index (χ2v) is 3.46. The molecule has 1 aliphatic rings. The maximum atomic E-state index is 10.6. The molecule has 64 valence electrons. The molecule has 0 radical (unpaired) electrons. The van der Waals surface area contributed by atoms with Gasteiger partial charge in [0, 0.05) is 18.7 Å². The Morgan fingerprint density at radius 2 is 2.50 bits per heavy atom. The largest absolute Gasteiger partial charge is 0.336 e. The zero-order valence-electron chi connectivity index (χ0n) is 6.30. The first-order chi connectivity index (χ1) is 5.81. The minimum absolute atomic E-state index is 0.240. The monoisotopic (exact) mass is 229 g/mol. The fraction of sp³-hybridized carbons (Fsp3) is 0.429. The van der Waals surface area contributed by atoms with Crippen molar-refractivity contribution < 1.29 is 4.79 Å². The third-order valence-electron chi connectivity index (χ3n) is 1.95. The van der Waals surface area contributed by atoms with Gasteiger partial charge in [-0.05, 0) is 15.9 Å². The quantitative estimate of drug-likeness (QED) is 0.693. The molecule has 5 heteroatoms. The molecule has 4 nitrogen and oxygen atoms in total. The van der Waals surface area contributed by atoms with Gasteiger partial charge in [-0.25, -0.2) is 4.98 Å². The number of imidazole rings is 1. The van der Waals surface area contributed by atoms with Crippen molar-refractivity contribution in [2.24, 2.45) is 0 Å². The molecule has 2 rings (SSSR count). The minimum Gasteiger partial charge on any atom is -0.336 e. The van der Waals surface area contributed by atoms with Gasteiger partial charge in [0.05, 0.1) is 5.69 Å². The zero-order valence-corrected chi connectivity index (χ0v) is 7.89. The molecular formula is C7H8BrN3O. The van der Waals surface area contributed by atoms with Crippen LogP contribution in [0, 0.1) is 0 Å². The van der Waals surface area contributed by atoms with Crippen LogP contribution < -0.4 is 5.32 Å². The Morgan fingerprint density at radius 1 is 1.67 bits per heavy atom. The van der Waals surface area contributed by atoms with Gasteiger partial charge >= 0.3 is 0 Å². The van der Waals surface area contributed by atoms with Crippen molar-refractivity contribution in [1.29, 1.82) is 0 Å². The smallest absolute Gasteiger partial charge is 0.174 e. The molecular weight excluding hydrogens is 222 g/mol. The summed E-state index contributed by atoms with van der Waals surface area (Å²) in [5, 5.41) is 3.07. The number of aldehydes is 1. The van der Waals surface area contributed by atoms with Gasteiger partial charge in [-0.2, -0.15) is 0 Å². The van der Waals surface area contributed by atoms with Crippen LogP contribution in [-0.2, 0) is 11.2 Å². The summed E-state index contributed by atoms with van der Waals surface area (Å²) >= 11 is 3.24. The van der Waals surface area contributed by atoms with Crippen molar-refractivity contribution in [2.75, 3.05) is 6.54 Å². The van der Waals surface area contributed by atoms with E-state index in [9.17, 15) is 4.79 Å². The lowest BCUT2D eigenvalue weighted by Gasteiger charge is -2.17. The molecule has 1 aromatic rings. The lowest BCUT2D eigenvalue weighted by Crippen LogP contribution is -2.30. The summed E-state index contributed by atoms with van der Waals surface area (Å²) in [6.07, 6.45) is 1.78. The number of halogens is 1. The number of carbonyl (C=O) groups is 1. The van der Waals surface area contributed by atoms with E-state index in [1.165, 1.54) is 0 Å². The van der Waals surface area contributed by atoms with E-state index >= 15 is 0 Å². The van der Waals surface area contributed by atoms with Crippen molar-refractivity contribution in [3.05, 3.63) is 16.1 Å². The van der Waals surface area contributed by atoms with E-state index < -0.39 is 0 Å². The van der Waals surface area contributed by atoms with Crippen LogP contribution in [0.15, 0.2) is 4.73 Å². The Hall–Kier alpha value is -0.680. The number of nitrogens with zero attached hydrogens (tertiary/aromatic N) is 1. The van der Waals surface area contributed by atoms with E-state index in [-0.39, 0.29) is 6.04 Å². The maximum absolute atomic E-state index is 10.6. The molecule has 2 N–H and O–H groups in total. The van der Waals surface area contributed by atoms with Gasteiger partial charge < -0.3 is 15.1 Å². The van der Waals surface area contributed by atoms with Crippen LogP contribution in [0.2, 0.25) is 0 Å². The molecule has 1 aromatic heterocycles. The average Bonchev–Trinajstić information content (AvgIpc) is 2.44. The van der Waals surface area contributed by atoms with Crippen molar-refractivity contribution in [3.8, 4) is 0 Å². The SMILES string of the molecule is O=CC1NCCc2[nH]c(Br)nc21. The number of nitrogens with one attached hydrogen (secondary N) is 2. The Balaban J connectivity index is 2.43. The topological polar surface area (TPSA) is 57.8 Å². The van der Waals surface area contributed by atoms with Crippen LogP contribution in [0.5, 0.6) is 0 Å². The summed E-state index contributed by atoms with van der Waals surface area (Å²) in [7, 11) is 0. The van der Waals surface area contributed by atoms with Crippen LogP contribution in [0.4, 0.5) is 0 Å². The predicted octanol–water partition coefficient (Wildman–Crippen LogP) is 0.558. The second kappa shape index (κ2) is 2.99. The van der Waals surface area contributed by atoms with Crippen molar-refractivity contribution in [2.45, 2.75) is 12.5 Å². The van der Waals surface area contributed by atoms with Crippen molar-refractivity contribution >= 4 is 22.2 Å². The zero-order chi connectivity index (χ0) is 8.55. The minimum atomic E-state index is -0.240. The Labute approximate surface area is 77.9 Å². The molecule has 0 amide bonds. The summed E-state index contributed by atoms with van der Waals surface area (Å²) in [6.45, 7) is 0.824. The predicted molar refractivity (Wildman–Crippen MR) is 46.8 cm³/mol. The van der Waals surface area contributed by atoms with E-state index in [4.69, 9.17) is 0 Å². The van der Waals surface area contributed by atoms with E-state index in [1.54, 1.807) is 0 Å². The molecule has 0 spiro atoms. The van der Waals surface area contributed by atoms with Gasteiger partial charge in [0.25, 0.3) is 0 Å². The highest BCUT2D eigenvalue weighted by Gasteiger charge is 2.22. The van der Waals surface area contributed by atoms with Crippen molar-refractivity contribution in [3.63, 3.8) is 0 Å². The number of carbonyl (C=O) groups excluding carboxylic acids is 1. The molecule has 2 heterocycles. The van der Waals surface area contributed by atoms with Crippen LogP contribution in [0.1, 0.15) is 17.4 Å². The summed E-state index contributed by atoms with van der Waals surface area (Å²) in [5.41, 5.74) is 1.88. The highest BCUT2D eigenvalue weighted by Crippen LogP contribution is 2.20. The number of hydrogen-bond donors (Lipinski definition) is 2. The molecule has 0 fully saturated rings. The Kier molecular flexibility index (Phi) is 1.98. The third kappa shape index (κ3) is 1.19. The molecule has 0 bridgehead atoms. The molecule has 12 heavy (non-hydrogen) atoms. The highest BCUT2D eigenvalue weighted by molar-refractivity contribution is 9.10. The Morgan fingerprint density at radius 3 is 3.25 bits per heavy atom. The van der Waals surface area contributed by atoms with Gasteiger partial charge in [0.1, 0.15) is 12.3 Å². The summed E-state index contributed by atoms with van der Waals surface area (Å²) < 4.78 is 0.697. The van der Waals surface area contributed by atoms with E-state index in [0.717, 1.165) is 30.6 Å². The van der Waals surface area contributed by atoms with Gasteiger partial charge in [-0.1, -0.05) is 0 Å². The number of aromatic amines is 1. The van der Waals surface area contributed by atoms with Gasteiger partial charge in [0.15, 0.2) is 4.73 Å². The summed E-state index contributed by atoms with van der Waals surface area (Å²) in [6, 6.07) is -0.240. The van der Waals surface area contributed by atoms with E-state index in [1.807, 2.05) is 0 Å². The first-order valence-corrected chi connectivity index (χ1v) is 4.53. The molecule has 1 unspecified atom stereocenters. The molecule has 0 saturated carbocycles. The maximum Gasteiger partial charge on any atom is 0.174 e. The lowest BCUT2D eigenvalue weighted by atomic mass is 10.1. The Bertz CT molecular complexity index is 310. The van der Waals surface area contributed by atoms with E-state index in [2.05, 4.69) is 31.2 Å². The number of fused-ring (bicyclic) bond motifs is 1. The number of aromatic nitrogens is 2. The molecule has 1 atom stereocenters. The first kappa shape index (κ1) is 7.94. The standard InChI is InChI=1S/C7H8BrN3O/c8-7-10-4-1-2-9-5(3-12)6(4)11-7/h3,5,9H,1-2H2,(H,10,11). The van der Waals surface area contributed by atoms with Gasteiger partial charge in [-0.15, -0.1) is 0 Å². The summed E-state index contributed by atoms with van der Waals surface area (Å²) in [4.78, 5) is 17.8. The fourth-order valence-electron chi connectivity index (χ4n) is 1.40. The number of H-pyrrole nitrogens is 1. The normalized spacial score (nSPS) is 21.9. The molecule has 0 aliphatic carbocycles. The lowest BCUT2D eigenvalue weighted by molar-refractivity contribution is -0.109. The average molecular weight is 230 g/mol. The molecule has 0 saturated heterocycles. The highest BCUT2D eigenvalue weighted by atomic mass is 79.9. The van der Waals surface area contributed by atoms with Crippen LogP contribution >= 0.6 is 15.9 Å². The fourth-order valence-corrected chi connectivity index (χ4v) is 1.83. The van der Waals surface area contributed by atoms with Gasteiger partial charge in [-0.3, -0.25) is 0 Å². The molecule has 0 aromatic carbocycles. The first-order valence-electron chi connectivity index (χ1n) is 3.74. The van der Waals surface area contributed by atoms with Crippen molar-refractivity contribution in [1.82, 2.24) is 15.3 Å². The second-order valence-electron chi connectivity index (χ2n) is 2.71. The van der Waals surface area contributed by atoms with Gasteiger partial charge in [0.2, 0.25) is 0 Å². The third-order valence-corrected chi connectivity index (χ3v) is 2.33. The molecule has 1 aliphatic heterocycles. The van der Waals surface area contributed by atoms with Crippen LogP contribution in [0.25, 0.3) is 0 Å². The number of hydrogen-bond acceptors (Lipinski definition) is 3. The van der Waals surface area contributed by atoms with Crippen LogP contribution in [-0.4, -0.2) is 22.8 Å².